The molecule has 0 saturated heterocycles. The van der Waals surface area contributed by atoms with Crippen LogP contribution in [-0.4, -0.2) is 37.2 Å². The van der Waals surface area contributed by atoms with Crippen LogP contribution in [0.2, 0.25) is 0 Å². The van der Waals surface area contributed by atoms with Crippen LogP contribution in [0.15, 0.2) is 158 Å². The van der Waals surface area contributed by atoms with Crippen LogP contribution in [-0.2, 0) is 28.6 Å². The average Bonchev–Trinajstić information content (AvgIpc) is 3.41. The molecule has 0 heterocycles. The summed E-state index contributed by atoms with van der Waals surface area (Å²) in [7, 11) is 0. The molecule has 1 atom stereocenters. The highest BCUT2D eigenvalue weighted by Gasteiger charge is 2.19. The minimum absolute atomic E-state index is 0.117. The number of unbranched alkanes of at least 4 members (excludes halogenated alkanes) is 15. The first-order valence-corrected chi connectivity index (χ1v) is 30.0. The summed E-state index contributed by atoms with van der Waals surface area (Å²) in [5, 5.41) is 0. The number of hydrogen-bond acceptors (Lipinski definition) is 6. The van der Waals surface area contributed by atoms with Crippen LogP contribution in [0.1, 0.15) is 239 Å². The molecule has 6 nitrogen and oxygen atoms in total. The van der Waals surface area contributed by atoms with Crippen LogP contribution in [0, 0.1) is 0 Å². The quantitative estimate of drug-likeness (QED) is 0.0261. The molecule has 75 heavy (non-hydrogen) atoms. The van der Waals surface area contributed by atoms with E-state index in [0.717, 1.165) is 141 Å². The second-order valence-corrected chi connectivity index (χ2v) is 19.1. The number of carbonyl (C=O) groups is 3. The molecule has 0 aromatic rings. The maximum Gasteiger partial charge on any atom is 0.306 e. The van der Waals surface area contributed by atoms with E-state index in [2.05, 4.69) is 173 Å². The Labute approximate surface area is 460 Å². The van der Waals surface area contributed by atoms with Crippen molar-refractivity contribution >= 4 is 17.9 Å². The summed E-state index contributed by atoms with van der Waals surface area (Å²) in [4.78, 5) is 38.3. The predicted molar refractivity (Wildman–Crippen MR) is 325 cm³/mol. The highest BCUT2D eigenvalue weighted by molar-refractivity contribution is 5.71. The van der Waals surface area contributed by atoms with Crippen molar-refractivity contribution in [3.63, 3.8) is 0 Å². The van der Waals surface area contributed by atoms with Crippen LogP contribution < -0.4 is 0 Å². The Morgan fingerprint density at radius 1 is 0.267 bits per heavy atom. The molecule has 0 aromatic carbocycles. The minimum Gasteiger partial charge on any atom is -0.462 e. The number of allylic oxidation sites excluding steroid dienone is 26. The summed E-state index contributed by atoms with van der Waals surface area (Å²) >= 11 is 0. The Bertz CT molecular complexity index is 1710. The van der Waals surface area contributed by atoms with Gasteiger partial charge < -0.3 is 14.2 Å². The van der Waals surface area contributed by atoms with E-state index in [9.17, 15) is 14.4 Å². The number of esters is 3. The molecule has 0 saturated carbocycles. The van der Waals surface area contributed by atoms with Crippen LogP contribution >= 0.6 is 0 Å². The fraction of sp³-hybridized carbons (Fsp3) is 0.580. The second-order valence-electron chi connectivity index (χ2n) is 19.1. The molecule has 0 bridgehead atoms. The van der Waals surface area contributed by atoms with Gasteiger partial charge in [0.2, 0.25) is 0 Å². The van der Waals surface area contributed by atoms with E-state index in [-0.39, 0.29) is 44.0 Å². The van der Waals surface area contributed by atoms with Gasteiger partial charge in [0.25, 0.3) is 0 Å². The predicted octanol–water partition coefficient (Wildman–Crippen LogP) is 20.5. The van der Waals surface area contributed by atoms with E-state index < -0.39 is 6.10 Å². The van der Waals surface area contributed by atoms with Crippen molar-refractivity contribution in [2.75, 3.05) is 13.2 Å². The first kappa shape index (κ1) is 70.0. The molecule has 1 unspecified atom stereocenters. The van der Waals surface area contributed by atoms with Gasteiger partial charge in [-0.3, -0.25) is 14.4 Å². The largest absolute Gasteiger partial charge is 0.462 e. The lowest BCUT2D eigenvalue weighted by Crippen LogP contribution is -2.30. The zero-order chi connectivity index (χ0) is 54.3. The molecule has 0 rings (SSSR count). The maximum atomic E-state index is 12.9. The number of carbonyl (C=O) groups excluding carboxylic acids is 3. The molecule has 0 aliphatic carbocycles. The second kappa shape index (κ2) is 61.6. The van der Waals surface area contributed by atoms with Crippen LogP contribution in [0.25, 0.3) is 0 Å². The van der Waals surface area contributed by atoms with Gasteiger partial charge in [-0.2, -0.15) is 0 Å². The molecule has 0 spiro atoms. The maximum absolute atomic E-state index is 12.9. The Morgan fingerprint density at radius 2 is 0.507 bits per heavy atom. The summed E-state index contributed by atoms with van der Waals surface area (Å²) < 4.78 is 16.8. The van der Waals surface area contributed by atoms with E-state index in [1.807, 2.05) is 6.08 Å². The van der Waals surface area contributed by atoms with E-state index in [1.165, 1.54) is 51.4 Å². The topological polar surface area (TPSA) is 78.9 Å². The molecular formula is C69H108O6. The zero-order valence-electron chi connectivity index (χ0n) is 48.0. The molecule has 0 N–H and O–H groups in total. The monoisotopic (exact) mass is 1030 g/mol. The molecule has 0 radical (unpaired) electrons. The lowest BCUT2D eigenvalue weighted by Gasteiger charge is -2.18. The van der Waals surface area contributed by atoms with E-state index in [1.54, 1.807) is 0 Å². The summed E-state index contributed by atoms with van der Waals surface area (Å²) in [6, 6.07) is 0. The average molecular weight is 1030 g/mol. The molecule has 0 amide bonds. The van der Waals surface area contributed by atoms with Crippen LogP contribution in [0.4, 0.5) is 0 Å². The Morgan fingerprint density at radius 3 is 0.827 bits per heavy atom. The highest BCUT2D eigenvalue weighted by atomic mass is 16.6. The van der Waals surface area contributed by atoms with Crippen LogP contribution in [0.3, 0.4) is 0 Å². The smallest absolute Gasteiger partial charge is 0.306 e. The van der Waals surface area contributed by atoms with Gasteiger partial charge in [-0.25, -0.2) is 0 Å². The van der Waals surface area contributed by atoms with Crippen molar-refractivity contribution < 1.29 is 28.6 Å². The van der Waals surface area contributed by atoms with Gasteiger partial charge >= 0.3 is 17.9 Å². The molecule has 420 valence electrons. The zero-order valence-corrected chi connectivity index (χ0v) is 48.0. The molecule has 0 aliphatic rings. The van der Waals surface area contributed by atoms with Crippen molar-refractivity contribution in [1.29, 1.82) is 0 Å². The third kappa shape index (κ3) is 59.8. The standard InChI is InChI=1S/C69H108O6/c1-4-7-10-13-16-19-22-25-28-31-34-37-40-43-46-49-52-55-58-61-67(70)73-64-66(75-69(72)63-60-57-54-51-48-45-42-39-36-33-30-27-24-21-18-15-12-9-6-3)65-74-68(71)62-59-56-53-50-47-44-41-38-35-32-29-26-23-20-17-14-11-8-5-2/h7-12,16-21,25-30,34,36-37,39,43,46,52,55,66H,4-6,13-15,22-24,31-33,35,38,40-42,44-45,47-51,53-54,56-65H2,1-3H3/b10-7-,11-8-,12-9-,19-16-,20-17-,21-18-,28-25-,29-26-,30-27-,37-34-,39-36-,46-43-,55-52-. The van der Waals surface area contributed by atoms with Crippen molar-refractivity contribution in [3.05, 3.63) is 158 Å². The number of rotatable bonds is 52. The lowest BCUT2D eigenvalue weighted by molar-refractivity contribution is -0.166. The third-order valence-corrected chi connectivity index (χ3v) is 12.0. The molecule has 6 heteroatoms. The summed E-state index contributed by atoms with van der Waals surface area (Å²) in [5.74, 6) is -1.03. The van der Waals surface area contributed by atoms with Gasteiger partial charge in [0, 0.05) is 19.3 Å². The lowest BCUT2D eigenvalue weighted by atomic mass is 10.1. The van der Waals surface area contributed by atoms with Crippen molar-refractivity contribution in [3.8, 4) is 0 Å². The van der Waals surface area contributed by atoms with Crippen molar-refractivity contribution in [2.45, 2.75) is 245 Å². The van der Waals surface area contributed by atoms with Crippen molar-refractivity contribution in [1.82, 2.24) is 0 Å². The Balaban J connectivity index is 4.56. The fourth-order valence-corrected chi connectivity index (χ4v) is 7.65. The molecule has 0 aliphatic heterocycles. The Hall–Kier alpha value is -4.97. The van der Waals surface area contributed by atoms with Gasteiger partial charge in [-0.1, -0.05) is 249 Å². The van der Waals surface area contributed by atoms with Crippen molar-refractivity contribution in [2.24, 2.45) is 0 Å². The highest BCUT2D eigenvalue weighted by Crippen LogP contribution is 2.14. The van der Waals surface area contributed by atoms with Gasteiger partial charge in [0.15, 0.2) is 6.10 Å². The third-order valence-electron chi connectivity index (χ3n) is 12.0. The first-order chi connectivity index (χ1) is 37.0. The minimum atomic E-state index is -0.828. The Kier molecular flexibility index (Phi) is 57.5. The molecule has 0 aromatic heterocycles. The fourth-order valence-electron chi connectivity index (χ4n) is 7.65. The van der Waals surface area contributed by atoms with E-state index >= 15 is 0 Å². The normalized spacial score (nSPS) is 13.3. The van der Waals surface area contributed by atoms with E-state index in [4.69, 9.17) is 14.2 Å². The van der Waals surface area contributed by atoms with Gasteiger partial charge in [-0.05, 0) is 128 Å². The summed E-state index contributed by atoms with van der Waals surface area (Å²) in [6.07, 6.45) is 89.6. The van der Waals surface area contributed by atoms with Crippen LogP contribution in [0.5, 0.6) is 0 Å². The van der Waals surface area contributed by atoms with Gasteiger partial charge in [0.1, 0.15) is 13.2 Å². The first-order valence-electron chi connectivity index (χ1n) is 30.0. The molecule has 0 fully saturated rings. The number of hydrogen-bond donors (Lipinski definition) is 0. The number of ether oxygens (including phenoxy) is 3. The van der Waals surface area contributed by atoms with Gasteiger partial charge in [0.05, 0.1) is 0 Å². The molecular weight excluding hydrogens is 925 g/mol. The van der Waals surface area contributed by atoms with Gasteiger partial charge in [-0.15, -0.1) is 0 Å². The summed E-state index contributed by atoms with van der Waals surface area (Å²) in [5.41, 5.74) is 0. The SMILES string of the molecule is CC/C=C\C/C=C\C/C=C\C/C=C\C/C=C\C/C=C\CCC(=O)OCC(COC(=O)CCCCCCCCCCC/C=C\C/C=C\C/C=C\CC)OC(=O)CCCCCCCC/C=C\C/C=C\C/C=C\C/C=C\CC. The van der Waals surface area contributed by atoms with E-state index in [0.29, 0.717) is 12.8 Å². The summed E-state index contributed by atoms with van der Waals surface area (Å²) in [6.45, 7) is 6.22.